The van der Waals surface area contributed by atoms with E-state index in [-0.39, 0.29) is 6.07 Å². The van der Waals surface area contributed by atoms with Gasteiger partial charge in [0.1, 0.15) is 10.3 Å². The van der Waals surface area contributed by atoms with Crippen molar-refractivity contribution in [2.45, 2.75) is 22.6 Å². The fourth-order valence-corrected chi connectivity index (χ4v) is 3.13. The highest BCUT2D eigenvalue weighted by atomic mass is 35.5. The summed E-state index contributed by atoms with van der Waals surface area (Å²) >= 11 is 11.6. The molecule has 0 unspecified atom stereocenters. The van der Waals surface area contributed by atoms with Crippen LogP contribution in [0.1, 0.15) is 22.6 Å². The third-order valence-corrected chi connectivity index (χ3v) is 4.42. The lowest BCUT2D eigenvalue weighted by atomic mass is 10.0. The minimum Gasteiger partial charge on any atom is -0.469 e. The standard InChI is InChI=1S/C13H8Cl2F6O2/c1-23-10(22)9-8(11(9,14)15)5-2-6(12(16,17)18)4-7(3-5)13(19,20)21/h2-4,8-9H,1H3/t8-,9+/m0/s1. The number of carbonyl (C=O) groups excluding carboxylic acids is 1. The van der Waals surface area contributed by atoms with Gasteiger partial charge in [0.2, 0.25) is 0 Å². The second-order valence-corrected chi connectivity index (χ2v) is 6.44. The van der Waals surface area contributed by atoms with Crippen molar-refractivity contribution in [1.29, 1.82) is 0 Å². The second kappa shape index (κ2) is 5.44. The van der Waals surface area contributed by atoms with E-state index in [4.69, 9.17) is 23.2 Å². The Kier molecular flexibility index (Phi) is 4.31. The van der Waals surface area contributed by atoms with Crippen molar-refractivity contribution in [3.8, 4) is 0 Å². The maximum absolute atomic E-state index is 12.8. The van der Waals surface area contributed by atoms with Gasteiger partial charge in [-0.1, -0.05) is 23.2 Å². The van der Waals surface area contributed by atoms with E-state index in [0.717, 1.165) is 7.11 Å². The molecule has 0 aliphatic heterocycles. The first kappa shape index (κ1) is 18.2. The summed E-state index contributed by atoms with van der Waals surface area (Å²) < 4.78 is 79.4. The van der Waals surface area contributed by atoms with Crippen molar-refractivity contribution in [2.24, 2.45) is 5.92 Å². The van der Waals surface area contributed by atoms with E-state index in [1.165, 1.54) is 0 Å². The van der Waals surface area contributed by atoms with Crippen LogP contribution in [-0.4, -0.2) is 17.4 Å². The van der Waals surface area contributed by atoms with Gasteiger partial charge in [-0.3, -0.25) is 4.79 Å². The first-order chi connectivity index (χ1) is 10.3. The summed E-state index contributed by atoms with van der Waals surface area (Å²) in [4.78, 5) is 11.5. The number of benzene rings is 1. The molecule has 2 nitrogen and oxygen atoms in total. The Hall–Kier alpha value is -1.15. The van der Waals surface area contributed by atoms with Crippen LogP contribution in [0.25, 0.3) is 0 Å². The molecule has 0 N–H and O–H groups in total. The third-order valence-electron chi connectivity index (χ3n) is 3.48. The molecule has 0 heterocycles. The molecule has 0 bridgehead atoms. The van der Waals surface area contributed by atoms with Crippen molar-refractivity contribution in [3.63, 3.8) is 0 Å². The van der Waals surface area contributed by atoms with E-state index in [0.29, 0.717) is 12.1 Å². The number of hydrogen-bond acceptors (Lipinski definition) is 2. The van der Waals surface area contributed by atoms with E-state index >= 15 is 0 Å². The molecule has 0 aromatic heterocycles. The van der Waals surface area contributed by atoms with Crippen LogP contribution in [0, 0.1) is 5.92 Å². The quantitative estimate of drug-likeness (QED) is 0.419. The molecule has 2 rings (SSSR count). The van der Waals surface area contributed by atoms with Crippen molar-refractivity contribution in [3.05, 3.63) is 34.9 Å². The second-order valence-electron chi connectivity index (χ2n) is 4.99. The lowest BCUT2D eigenvalue weighted by Crippen LogP contribution is -2.12. The molecule has 2 atom stereocenters. The molecule has 1 saturated carbocycles. The molecule has 0 saturated heterocycles. The van der Waals surface area contributed by atoms with Gasteiger partial charge < -0.3 is 4.74 Å². The summed E-state index contributed by atoms with van der Waals surface area (Å²) in [5.41, 5.74) is -3.42. The normalized spacial score (nSPS) is 23.5. The molecule has 1 aliphatic carbocycles. The molecular weight excluding hydrogens is 373 g/mol. The molecule has 1 aromatic rings. The van der Waals surface area contributed by atoms with Crippen LogP contribution in [0.2, 0.25) is 0 Å². The van der Waals surface area contributed by atoms with Crippen LogP contribution >= 0.6 is 23.2 Å². The van der Waals surface area contributed by atoms with E-state index in [1.54, 1.807) is 0 Å². The predicted molar refractivity (Wildman–Crippen MR) is 69.1 cm³/mol. The largest absolute Gasteiger partial charge is 0.469 e. The Balaban J connectivity index is 2.54. The van der Waals surface area contributed by atoms with Gasteiger partial charge in [0.25, 0.3) is 0 Å². The van der Waals surface area contributed by atoms with Crippen LogP contribution in [0.5, 0.6) is 0 Å². The van der Waals surface area contributed by atoms with Crippen molar-refractivity contribution >= 4 is 29.2 Å². The lowest BCUT2D eigenvalue weighted by Gasteiger charge is -2.14. The number of esters is 1. The molecule has 1 aromatic carbocycles. The minimum absolute atomic E-state index is 0.0107. The molecule has 128 valence electrons. The average Bonchev–Trinajstić information content (AvgIpc) is 2.98. The fourth-order valence-electron chi connectivity index (χ4n) is 2.32. The van der Waals surface area contributed by atoms with Crippen molar-refractivity contribution in [1.82, 2.24) is 0 Å². The summed E-state index contributed by atoms with van der Waals surface area (Å²) in [6.07, 6.45) is -9.99. The van der Waals surface area contributed by atoms with Gasteiger partial charge in [-0.25, -0.2) is 0 Å². The number of carbonyl (C=O) groups is 1. The van der Waals surface area contributed by atoms with E-state index in [9.17, 15) is 31.1 Å². The van der Waals surface area contributed by atoms with Gasteiger partial charge in [-0.05, 0) is 23.8 Å². The molecule has 0 spiro atoms. The summed E-state index contributed by atoms with van der Waals surface area (Å²) in [5, 5.41) is 0. The van der Waals surface area contributed by atoms with Crippen LogP contribution in [0.3, 0.4) is 0 Å². The molecular formula is C13H8Cl2F6O2. The number of ether oxygens (including phenoxy) is 1. The Morgan fingerprint density at radius 2 is 1.48 bits per heavy atom. The molecule has 23 heavy (non-hydrogen) atoms. The molecule has 0 radical (unpaired) electrons. The number of alkyl halides is 8. The molecule has 0 amide bonds. The maximum Gasteiger partial charge on any atom is 0.416 e. The minimum atomic E-state index is -4.99. The number of rotatable bonds is 2. The Morgan fingerprint density at radius 3 is 1.83 bits per heavy atom. The highest BCUT2D eigenvalue weighted by Gasteiger charge is 2.68. The highest BCUT2D eigenvalue weighted by molar-refractivity contribution is 6.53. The van der Waals surface area contributed by atoms with Gasteiger partial charge in [0.05, 0.1) is 18.2 Å². The van der Waals surface area contributed by atoms with E-state index < -0.39 is 51.2 Å². The summed E-state index contributed by atoms with van der Waals surface area (Å²) in [7, 11) is 1.01. The highest BCUT2D eigenvalue weighted by Crippen LogP contribution is 2.65. The van der Waals surface area contributed by atoms with Crippen molar-refractivity contribution in [2.75, 3.05) is 7.11 Å². The molecule has 1 aliphatic rings. The van der Waals surface area contributed by atoms with Gasteiger partial charge in [0, 0.05) is 5.92 Å². The maximum atomic E-state index is 12.8. The monoisotopic (exact) mass is 380 g/mol. The smallest absolute Gasteiger partial charge is 0.416 e. The topological polar surface area (TPSA) is 26.3 Å². The Bertz CT molecular complexity index is 606. The summed E-state index contributed by atoms with van der Waals surface area (Å²) in [6, 6.07) is 0.994. The zero-order chi connectivity index (χ0) is 17.8. The lowest BCUT2D eigenvalue weighted by molar-refractivity contribution is -0.143. The molecule has 10 heteroatoms. The number of methoxy groups -OCH3 is 1. The number of halogens is 8. The van der Waals surface area contributed by atoms with E-state index in [1.807, 2.05) is 0 Å². The van der Waals surface area contributed by atoms with Crippen LogP contribution in [0.4, 0.5) is 26.3 Å². The Morgan fingerprint density at radius 1 is 1.04 bits per heavy atom. The third kappa shape index (κ3) is 3.38. The Labute approximate surface area is 136 Å². The number of hydrogen-bond donors (Lipinski definition) is 0. The van der Waals surface area contributed by atoms with Crippen LogP contribution in [0.15, 0.2) is 18.2 Å². The predicted octanol–water partition coefficient (Wildman–Crippen LogP) is 4.78. The molecule has 1 fully saturated rings. The zero-order valence-corrected chi connectivity index (χ0v) is 12.7. The first-order valence-electron chi connectivity index (χ1n) is 6.05. The van der Waals surface area contributed by atoms with E-state index in [2.05, 4.69) is 4.74 Å². The zero-order valence-electron chi connectivity index (χ0n) is 11.2. The van der Waals surface area contributed by atoms with Gasteiger partial charge in [-0.2, -0.15) is 26.3 Å². The van der Waals surface area contributed by atoms with Crippen LogP contribution in [-0.2, 0) is 21.9 Å². The first-order valence-corrected chi connectivity index (χ1v) is 6.80. The van der Waals surface area contributed by atoms with Crippen LogP contribution < -0.4 is 0 Å². The summed E-state index contributed by atoms with van der Waals surface area (Å²) in [5.74, 6) is -3.37. The fraction of sp³-hybridized carbons (Fsp3) is 0.462. The van der Waals surface area contributed by atoms with Gasteiger partial charge >= 0.3 is 18.3 Å². The van der Waals surface area contributed by atoms with Gasteiger partial charge in [-0.15, -0.1) is 0 Å². The summed E-state index contributed by atoms with van der Waals surface area (Å²) in [6.45, 7) is 0. The van der Waals surface area contributed by atoms with Crippen molar-refractivity contribution < 1.29 is 35.9 Å². The average molecular weight is 381 g/mol. The van der Waals surface area contributed by atoms with Gasteiger partial charge in [0.15, 0.2) is 0 Å². The SMILES string of the molecule is COC(=O)[C@H]1[C@H](c2cc(C(F)(F)F)cc(C(F)(F)F)c2)C1(Cl)Cl.